The second kappa shape index (κ2) is 10.9. The standard InChI is InChI=1S/C27H27F3N8O2/c1-31-24-11-22-23(13-32-24)38(16-21-7-10-39-21)25(35-22)17-36-8-5-20(6-9-36)40-26-4-2-3-19(34-26)15-37-14-18(12-33-37)27(28,29)30/h2-4,11-14,20-21H,5-10,15-17H2/t21-/m0/s1. The van der Waals surface area contributed by atoms with Gasteiger partial charge in [-0.05, 0) is 31.4 Å². The number of fused-ring (bicyclic) bond motifs is 1. The van der Waals surface area contributed by atoms with Gasteiger partial charge in [-0.15, -0.1) is 4.98 Å². The summed E-state index contributed by atoms with van der Waals surface area (Å²) < 4.78 is 53.8. The molecule has 40 heavy (non-hydrogen) atoms. The lowest BCUT2D eigenvalue weighted by Gasteiger charge is -2.32. The number of piperidine rings is 1. The Hall–Kier alpha value is -4.02. The quantitative estimate of drug-likeness (QED) is 0.298. The number of pyridine rings is 2. The summed E-state index contributed by atoms with van der Waals surface area (Å²) in [6, 6.07) is 7.01. The Labute approximate surface area is 228 Å². The van der Waals surface area contributed by atoms with Gasteiger partial charge in [-0.25, -0.2) is 9.97 Å². The minimum absolute atomic E-state index is 0.0202. The van der Waals surface area contributed by atoms with Crippen LogP contribution in [0.25, 0.3) is 15.9 Å². The molecule has 10 nitrogen and oxygen atoms in total. The second-order valence-corrected chi connectivity index (χ2v) is 10.0. The van der Waals surface area contributed by atoms with Crippen LogP contribution in [0.2, 0.25) is 0 Å². The number of nitrogens with zero attached hydrogens (tertiary/aromatic N) is 8. The van der Waals surface area contributed by atoms with Crippen LogP contribution in [-0.2, 0) is 30.5 Å². The number of hydrogen-bond acceptors (Lipinski definition) is 7. The molecule has 4 aromatic heterocycles. The lowest BCUT2D eigenvalue weighted by molar-refractivity contribution is -0.137. The van der Waals surface area contributed by atoms with Gasteiger partial charge in [-0.1, -0.05) is 12.6 Å². The van der Waals surface area contributed by atoms with Crippen molar-refractivity contribution in [3.8, 4) is 5.88 Å². The smallest absolute Gasteiger partial charge is 0.419 e. The van der Waals surface area contributed by atoms with Crippen LogP contribution >= 0.6 is 0 Å². The number of rotatable bonds is 8. The largest absolute Gasteiger partial charge is 0.474 e. The molecule has 13 heteroatoms. The van der Waals surface area contributed by atoms with Crippen LogP contribution in [0.4, 0.5) is 19.0 Å². The van der Waals surface area contributed by atoms with E-state index in [2.05, 4.69) is 29.4 Å². The van der Waals surface area contributed by atoms with Crippen LogP contribution < -0.4 is 4.74 Å². The Bertz CT molecular complexity index is 1530. The maximum absolute atomic E-state index is 12.9. The van der Waals surface area contributed by atoms with Gasteiger partial charge in [-0.3, -0.25) is 9.58 Å². The van der Waals surface area contributed by atoms with Crippen LogP contribution in [0.5, 0.6) is 5.88 Å². The van der Waals surface area contributed by atoms with E-state index in [1.165, 1.54) is 4.68 Å². The minimum atomic E-state index is -4.43. The number of aromatic nitrogens is 6. The number of ether oxygens (including phenoxy) is 2. The Morgan fingerprint density at radius 1 is 1.10 bits per heavy atom. The van der Waals surface area contributed by atoms with E-state index < -0.39 is 11.7 Å². The summed E-state index contributed by atoms with van der Waals surface area (Å²) >= 11 is 0. The normalized spacial score (nSPS) is 18.5. The van der Waals surface area contributed by atoms with Crippen molar-refractivity contribution in [2.75, 3.05) is 19.7 Å². The maximum Gasteiger partial charge on any atom is 0.419 e. The van der Waals surface area contributed by atoms with Gasteiger partial charge >= 0.3 is 6.18 Å². The van der Waals surface area contributed by atoms with E-state index in [0.29, 0.717) is 30.5 Å². The van der Waals surface area contributed by atoms with Gasteiger partial charge in [0.15, 0.2) is 0 Å². The number of alkyl halides is 3. The molecular formula is C27H27F3N8O2. The zero-order valence-corrected chi connectivity index (χ0v) is 21.6. The highest BCUT2D eigenvalue weighted by molar-refractivity contribution is 5.78. The first-order chi connectivity index (χ1) is 19.3. The third-order valence-electron chi connectivity index (χ3n) is 7.25. The fraction of sp³-hybridized carbons (Fsp3) is 0.444. The van der Waals surface area contributed by atoms with E-state index in [1.54, 1.807) is 30.5 Å². The van der Waals surface area contributed by atoms with E-state index in [-0.39, 0.29) is 18.8 Å². The van der Waals surface area contributed by atoms with Gasteiger partial charge < -0.3 is 18.9 Å². The van der Waals surface area contributed by atoms with Crippen molar-refractivity contribution in [3.63, 3.8) is 0 Å². The second-order valence-electron chi connectivity index (χ2n) is 10.0. The Morgan fingerprint density at radius 3 is 2.62 bits per heavy atom. The molecule has 6 rings (SSSR count). The monoisotopic (exact) mass is 552 g/mol. The van der Waals surface area contributed by atoms with E-state index >= 15 is 0 Å². The van der Waals surface area contributed by atoms with Crippen LogP contribution in [-0.4, -0.2) is 66.1 Å². The molecule has 0 aliphatic carbocycles. The Kier molecular flexibility index (Phi) is 7.12. The Morgan fingerprint density at radius 2 is 1.93 bits per heavy atom. The molecule has 0 amide bonds. The SMILES string of the molecule is [C-]#[N+]c1cc2nc(CN3CCC(Oc4cccc(Cn5cc(C(F)(F)F)cn5)n4)CC3)n(C[C@@H]3CCO3)c2cn1. The van der Waals surface area contributed by atoms with E-state index in [1.807, 2.05) is 0 Å². The first kappa shape index (κ1) is 26.2. The summed E-state index contributed by atoms with van der Waals surface area (Å²) in [6.45, 7) is 11.2. The fourth-order valence-electron chi connectivity index (χ4n) is 5.01. The van der Waals surface area contributed by atoms with Crippen molar-refractivity contribution < 1.29 is 22.6 Å². The molecule has 208 valence electrons. The summed E-state index contributed by atoms with van der Waals surface area (Å²) in [7, 11) is 0. The molecule has 2 fully saturated rings. The third-order valence-corrected chi connectivity index (χ3v) is 7.25. The molecule has 0 saturated carbocycles. The number of hydrogen-bond donors (Lipinski definition) is 0. The van der Waals surface area contributed by atoms with Crippen molar-refractivity contribution >= 4 is 16.9 Å². The minimum Gasteiger partial charge on any atom is -0.474 e. The van der Waals surface area contributed by atoms with Crippen LogP contribution in [0, 0.1) is 6.57 Å². The van der Waals surface area contributed by atoms with Crippen molar-refractivity contribution in [2.45, 2.75) is 57.3 Å². The first-order valence-electron chi connectivity index (χ1n) is 13.1. The fourth-order valence-corrected chi connectivity index (χ4v) is 5.01. The molecule has 2 saturated heterocycles. The lowest BCUT2D eigenvalue weighted by atomic mass is 10.1. The average Bonchev–Trinajstić information content (AvgIpc) is 3.51. The van der Waals surface area contributed by atoms with Crippen LogP contribution in [0.3, 0.4) is 0 Å². The molecule has 6 heterocycles. The summed E-state index contributed by atoms with van der Waals surface area (Å²) in [6.07, 6.45) is 1.84. The molecule has 0 radical (unpaired) electrons. The molecular weight excluding hydrogens is 525 g/mol. The number of likely N-dealkylation sites (tertiary alicyclic amines) is 1. The maximum atomic E-state index is 12.9. The van der Waals surface area contributed by atoms with Crippen LogP contribution in [0.15, 0.2) is 42.9 Å². The lowest BCUT2D eigenvalue weighted by Crippen LogP contribution is -2.39. The Balaban J connectivity index is 1.07. The van der Waals surface area contributed by atoms with E-state index in [4.69, 9.17) is 21.0 Å². The zero-order valence-electron chi connectivity index (χ0n) is 21.6. The van der Waals surface area contributed by atoms with Crippen molar-refractivity contribution in [3.05, 3.63) is 71.4 Å². The van der Waals surface area contributed by atoms with Crippen molar-refractivity contribution in [1.82, 2.24) is 34.2 Å². The molecule has 1 atom stereocenters. The predicted octanol–water partition coefficient (Wildman–Crippen LogP) is 4.47. The summed E-state index contributed by atoms with van der Waals surface area (Å²) in [5.74, 6) is 1.70. The molecule has 0 N–H and O–H groups in total. The average molecular weight is 553 g/mol. The molecule has 4 aromatic rings. The van der Waals surface area contributed by atoms with Crippen LogP contribution in [0.1, 0.15) is 36.3 Å². The molecule has 0 spiro atoms. The van der Waals surface area contributed by atoms with Crippen molar-refractivity contribution in [1.29, 1.82) is 0 Å². The summed E-state index contributed by atoms with van der Waals surface area (Å²) in [4.78, 5) is 19.3. The molecule has 0 aromatic carbocycles. The number of halogens is 3. The van der Waals surface area contributed by atoms with Gasteiger partial charge in [0.2, 0.25) is 5.88 Å². The first-order valence-corrected chi connectivity index (χ1v) is 13.1. The number of imidazole rings is 1. The van der Waals surface area contributed by atoms with Gasteiger partial charge in [0.25, 0.3) is 5.82 Å². The highest BCUT2D eigenvalue weighted by Gasteiger charge is 2.32. The van der Waals surface area contributed by atoms with Gasteiger partial charge in [-0.2, -0.15) is 18.3 Å². The highest BCUT2D eigenvalue weighted by Crippen LogP contribution is 2.29. The van der Waals surface area contributed by atoms with Crippen molar-refractivity contribution in [2.24, 2.45) is 0 Å². The summed E-state index contributed by atoms with van der Waals surface area (Å²) in [5, 5.41) is 3.80. The van der Waals surface area contributed by atoms with Gasteiger partial charge in [0.05, 0.1) is 48.7 Å². The third kappa shape index (κ3) is 5.78. The van der Waals surface area contributed by atoms with Gasteiger partial charge in [0.1, 0.15) is 23.6 Å². The van der Waals surface area contributed by atoms with Gasteiger partial charge in [0, 0.05) is 32.0 Å². The molecule has 2 aliphatic heterocycles. The zero-order chi connectivity index (χ0) is 27.7. The predicted molar refractivity (Wildman–Crippen MR) is 138 cm³/mol. The topological polar surface area (TPSA) is 87.5 Å². The van der Waals surface area contributed by atoms with E-state index in [0.717, 1.165) is 68.2 Å². The highest BCUT2D eigenvalue weighted by atomic mass is 19.4. The molecule has 0 bridgehead atoms. The van der Waals surface area contributed by atoms with E-state index in [9.17, 15) is 13.2 Å². The molecule has 2 aliphatic rings. The summed E-state index contributed by atoms with van der Waals surface area (Å²) in [5.41, 5.74) is 1.46. The molecule has 0 unspecified atom stereocenters.